The van der Waals surface area contributed by atoms with Crippen molar-refractivity contribution in [3.05, 3.63) is 40.7 Å². The van der Waals surface area contributed by atoms with Crippen LogP contribution in [-0.2, 0) is 35.7 Å². The van der Waals surface area contributed by atoms with Gasteiger partial charge in [0.15, 0.2) is 5.88 Å². The topological polar surface area (TPSA) is 182 Å². The molecule has 56 heavy (non-hydrogen) atoms. The van der Waals surface area contributed by atoms with Crippen molar-refractivity contribution in [3.63, 3.8) is 0 Å². The molecule has 0 unspecified atom stereocenters. The van der Waals surface area contributed by atoms with Gasteiger partial charge in [-0.15, -0.1) is 0 Å². The summed E-state index contributed by atoms with van der Waals surface area (Å²) >= 11 is 0. The van der Waals surface area contributed by atoms with Gasteiger partial charge < -0.3 is 25.0 Å². The molecule has 3 aliphatic carbocycles. The number of nitrogens with zero attached hydrogens (tertiary/aromatic N) is 2. The molecule has 7 atom stereocenters. The number of benzene rings is 1. The molecule has 2 bridgehead atoms. The Morgan fingerprint density at radius 2 is 1.70 bits per heavy atom. The van der Waals surface area contributed by atoms with Crippen molar-refractivity contribution in [2.75, 3.05) is 6.54 Å². The van der Waals surface area contributed by atoms with Gasteiger partial charge in [-0.1, -0.05) is 71.6 Å². The maximum atomic E-state index is 14.8. The van der Waals surface area contributed by atoms with Crippen LogP contribution in [0.3, 0.4) is 0 Å². The minimum atomic E-state index is -3.88. The van der Waals surface area contributed by atoms with Crippen LogP contribution in [0.5, 0.6) is 5.88 Å². The highest BCUT2D eigenvalue weighted by Gasteiger charge is 2.62. The van der Waals surface area contributed by atoms with E-state index < -0.39 is 68.2 Å². The summed E-state index contributed by atoms with van der Waals surface area (Å²) in [6.45, 7) is 7.73. The van der Waals surface area contributed by atoms with Gasteiger partial charge in [0.25, 0.3) is 11.5 Å². The zero-order valence-electron chi connectivity index (χ0n) is 33.0. The van der Waals surface area contributed by atoms with E-state index in [0.29, 0.717) is 42.5 Å². The highest BCUT2D eigenvalue weighted by Crippen LogP contribution is 2.47. The van der Waals surface area contributed by atoms with Crippen LogP contribution >= 0.6 is 0 Å². The lowest BCUT2D eigenvalue weighted by Gasteiger charge is -2.35. The van der Waals surface area contributed by atoms with Gasteiger partial charge in [0.05, 0.1) is 11.8 Å². The molecule has 4 fully saturated rings. The average molecular weight is 796 g/mol. The third-order valence-electron chi connectivity index (χ3n) is 12.6. The van der Waals surface area contributed by atoms with Gasteiger partial charge in [0.2, 0.25) is 21.8 Å². The fourth-order valence-electron chi connectivity index (χ4n) is 9.05. The van der Waals surface area contributed by atoms with E-state index in [0.717, 1.165) is 51.4 Å². The number of amides is 4. The Kier molecular flexibility index (Phi) is 11.2. The minimum Gasteiger partial charge on any atom is -0.473 e. The second-order valence-electron chi connectivity index (χ2n) is 17.7. The summed E-state index contributed by atoms with van der Waals surface area (Å²) in [5, 5.41) is 6.39. The Balaban J connectivity index is 1.23. The van der Waals surface area contributed by atoms with Gasteiger partial charge in [-0.2, -0.15) is 0 Å². The Labute approximate surface area is 328 Å². The molecule has 15 heteroatoms. The summed E-state index contributed by atoms with van der Waals surface area (Å²) in [4.78, 5) is 71.7. The molecule has 0 radical (unpaired) electrons. The Morgan fingerprint density at radius 3 is 2.41 bits per heavy atom. The van der Waals surface area contributed by atoms with Crippen molar-refractivity contribution in [2.45, 2.75) is 153 Å². The number of ether oxygens (including phenoxy) is 2. The lowest BCUT2D eigenvalue weighted by Crippen LogP contribution is -2.60. The predicted molar refractivity (Wildman–Crippen MR) is 209 cm³/mol. The first-order valence-electron chi connectivity index (χ1n) is 20.6. The third-order valence-corrected chi connectivity index (χ3v) is 14.4. The lowest BCUT2D eigenvalue weighted by molar-refractivity contribution is -0.143. The number of hydrogen-bond acceptors (Lipinski definition) is 9. The van der Waals surface area contributed by atoms with E-state index in [-0.39, 0.29) is 42.9 Å². The summed E-state index contributed by atoms with van der Waals surface area (Å²) in [7, 11) is -3.88. The number of alkyl carbamates (subject to hydrolysis) is 1. The number of aromatic nitrogens is 1. The van der Waals surface area contributed by atoms with Gasteiger partial charge in [0, 0.05) is 24.4 Å². The van der Waals surface area contributed by atoms with Gasteiger partial charge in [-0.05, 0) is 80.1 Å². The molecule has 7 rings (SSSR count). The van der Waals surface area contributed by atoms with E-state index in [9.17, 15) is 32.4 Å². The summed E-state index contributed by atoms with van der Waals surface area (Å²) in [6.07, 6.45) is 7.24. The Hall–Kier alpha value is -4.14. The maximum absolute atomic E-state index is 14.8. The first-order valence-corrected chi connectivity index (χ1v) is 22.1. The molecule has 2 aliphatic heterocycles. The van der Waals surface area contributed by atoms with Crippen LogP contribution in [0.2, 0.25) is 0 Å². The van der Waals surface area contributed by atoms with Crippen molar-refractivity contribution in [3.8, 4) is 5.88 Å². The number of rotatable bonds is 6. The molecule has 4 amide bonds. The smallest absolute Gasteiger partial charge is 0.408 e. The molecule has 1 saturated heterocycles. The van der Waals surface area contributed by atoms with E-state index >= 15 is 0 Å². The average Bonchev–Trinajstić information content (AvgIpc) is 4.04. The molecule has 1 aromatic heterocycles. The fraction of sp³-hybridized carbons (Fsp3) is 0.683. The Bertz CT molecular complexity index is 2020. The highest BCUT2D eigenvalue weighted by molar-refractivity contribution is 7.91. The normalized spacial score (nSPS) is 30.4. The zero-order valence-corrected chi connectivity index (χ0v) is 33.8. The molecule has 1 aromatic carbocycles. The second-order valence-corrected chi connectivity index (χ2v) is 19.7. The fourth-order valence-corrected chi connectivity index (χ4v) is 10.4. The van der Waals surface area contributed by atoms with Crippen LogP contribution in [0.4, 0.5) is 4.79 Å². The summed E-state index contributed by atoms with van der Waals surface area (Å²) in [5.74, 6) is -1.65. The van der Waals surface area contributed by atoms with Crippen LogP contribution in [-0.4, -0.2) is 83.3 Å². The molecule has 2 aromatic rings. The number of pyridine rings is 1. The van der Waals surface area contributed by atoms with Gasteiger partial charge in [-0.25, -0.2) is 13.2 Å². The molecule has 3 N–H and O–H groups in total. The molecule has 3 saturated carbocycles. The monoisotopic (exact) mass is 795 g/mol. The standard InChI is InChI=1S/C41H57N5O9S/c1-5-27-23-41(27,38(50)44-56(52,53)29-18-19-29)43-35(47)31-22-28-24-46(31)37(49)34(40(2,3)4)42-39(51)55-32-17-12-15-25(32)13-8-6-7-11-20-45-33(54-28)21-26-14-9-10-16-30(26)36(45)48/h9-10,14,16,21,25,27-29,31-32,34H,5-8,11-13,15,17-20,22-24H2,1-4H3,(H,42,51)(H,43,47)(H,44,50)/t25-,27-,28-,31+,32-,34-,41-/m1/s1. The molecular weight excluding hydrogens is 739 g/mol. The highest BCUT2D eigenvalue weighted by atomic mass is 32.2. The molecule has 5 aliphatic rings. The molecule has 0 spiro atoms. The largest absolute Gasteiger partial charge is 0.473 e. The van der Waals surface area contributed by atoms with Crippen molar-refractivity contribution in [1.82, 2.24) is 24.8 Å². The molecule has 3 heterocycles. The van der Waals surface area contributed by atoms with Crippen molar-refractivity contribution in [1.29, 1.82) is 0 Å². The number of carbonyl (C=O) groups excluding carboxylic acids is 4. The first kappa shape index (κ1) is 40.1. The Morgan fingerprint density at radius 1 is 0.964 bits per heavy atom. The van der Waals surface area contributed by atoms with E-state index in [4.69, 9.17) is 9.47 Å². The maximum Gasteiger partial charge on any atom is 0.408 e. The van der Waals surface area contributed by atoms with Crippen LogP contribution in [0.15, 0.2) is 35.1 Å². The van der Waals surface area contributed by atoms with E-state index in [1.807, 2.05) is 52.0 Å². The number of fused-ring (bicyclic) bond motifs is 5. The molecule has 306 valence electrons. The van der Waals surface area contributed by atoms with Crippen LogP contribution in [0, 0.1) is 17.3 Å². The predicted octanol–water partition coefficient (Wildman–Crippen LogP) is 4.52. The molecule has 14 nitrogen and oxygen atoms in total. The van der Waals surface area contributed by atoms with Crippen LogP contribution in [0.25, 0.3) is 10.8 Å². The first-order chi connectivity index (χ1) is 26.6. The van der Waals surface area contributed by atoms with Crippen molar-refractivity contribution >= 4 is 44.6 Å². The number of nitrogens with one attached hydrogen (secondary N) is 3. The lowest BCUT2D eigenvalue weighted by atomic mass is 9.85. The van der Waals surface area contributed by atoms with Crippen LogP contribution < -0.4 is 25.7 Å². The van der Waals surface area contributed by atoms with E-state index in [1.165, 1.54) is 4.90 Å². The summed E-state index contributed by atoms with van der Waals surface area (Å²) < 4.78 is 42.1. The van der Waals surface area contributed by atoms with Gasteiger partial charge in [-0.3, -0.25) is 28.5 Å². The third kappa shape index (κ3) is 8.29. The van der Waals surface area contributed by atoms with Crippen molar-refractivity contribution in [2.24, 2.45) is 17.3 Å². The van der Waals surface area contributed by atoms with E-state index in [1.54, 1.807) is 10.6 Å². The number of sulfonamides is 1. The van der Waals surface area contributed by atoms with Crippen LogP contribution in [0.1, 0.15) is 111 Å². The van der Waals surface area contributed by atoms with Gasteiger partial charge in [0.1, 0.15) is 29.8 Å². The molecular formula is C41H57N5O9S. The SMILES string of the molecule is CC[C@@H]1C[C@]1(NC(=O)[C@@H]1C[C@@H]2CN1C(=O)[C@H](C(C)(C)C)NC(=O)O[C@@H]1CCC[C@H]1CCCCCCn1c(cc3ccccc3c1=O)O2)C(=O)NS(=O)(=O)C1CC1. The van der Waals surface area contributed by atoms with E-state index in [2.05, 4.69) is 15.4 Å². The number of carbonyl (C=O) groups is 4. The van der Waals surface area contributed by atoms with Gasteiger partial charge >= 0.3 is 6.09 Å². The minimum absolute atomic E-state index is 0.0263. The number of hydrogen-bond donors (Lipinski definition) is 3. The summed E-state index contributed by atoms with van der Waals surface area (Å²) in [5.41, 5.74) is -2.43. The summed E-state index contributed by atoms with van der Waals surface area (Å²) in [6, 6.07) is 6.91. The van der Waals surface area contributed by atoms with Crippen molar-refractivity contribution < 1.29 is 37.1 Å². The second kappa shape index (κ2) is 15.7. The zero-order chi connectivity index (χ0) is 40.0. The quantitative estimate of drug-likeness (QED) is 0.379.